The summed E-state index contributed by atoms with van der Waals surface area (Å²) in [6, 6.07) is 3.17. The van der Waals surface area contributed by atoms with Crippen LogP contribution < -0.4 is 5.32 Å². The Labute approximate surface area is 144 Å². The number of hydrogen-bond donors (Lipinski definition) is 2. The second-order valence-corrected chi connectivity index (χ2v) is 6.13. The average molecular weight is 361 g/mol. The molecule has 1 amide bonds. The fourth-order valence-corrected chi connectivity index (χ4v) is 2.22. The topological polar surface area (TPSA) is 75.6 Å². The molecule has 0 aliphatic carbocycles. The van der Waals surface area contributed by atoms with Crippen molar-refractivity contribution in [1.82, 2.24) is 5.32 Å². The number of carbonyl (C=O) groups is 2. The van der Waals surface area contributed by atoms with Gasteiger partial charge in [0.25, 0.3) is 0 Å². The van der Waals surface area contributed by atoms with E-state index in [1.165, 1.54) is 12.1 Å². The second-order valence-electron chi connectivity index (χ2n) is 6.13. The van der Waals surface area contributed by atoms with Crippen molar-refractivity contribution >= 4 is 11.9 Å². The largest absolute Gasteiger partial charge is 0.467 e. The molecule has 8 heteroatoms. The first-order valence-corrected chi connectivity index (χ1v) is 7.77. The van der Waals surface area contributed by atoms with Gasteiger partial charge in [-0.25, -0.2) is 4.79 Å². The molecular formula is C17H22F3NO4. The van der Waals surface area contributed by atoms with Crippen molar-refractivity contribution in [1.29, 1.82) is 0 Å². The van der Waals surface area contributed by atoms with Crippen molar-refractivity contribution in [3.8, 4) is 0 Å². The molecule has 0 bridgehead atoms. The molecule has 0 aliphatic rings. The lowest BCUT2D eigenvalue weighted by molar-refractivity contribution is -0.146. The van der Waals surface area contributed by atoms with Crippen molar-refractivity contribution in [2.45, 2.75) is 45.0 Å². The number of nitrogens with one attached hydrogen (secondary N) is 1. The van der Waals surface area contributed by atoms with Crippen LogP contribution in [0.15, 0.2) is 24.3 Å². The van der Waals surface area contributed by atoms with Crippen molar-refractivity contribution in [3.63, 3.8) is 0 Å². The summed E-state index contributed by atoms with van der Waals surface area (Å²) in [5.74, 6) is -1.40. The number of hydrogen-bond acceptors (Lipinski definition) is 4. The fraction of sp³-hybridized carbons (Fsp3) is 0.529. The third-order valence-corrected chi connectivity index (χ3v) is 3.52. The van der Waals surface area contributed by atoms with Crippen molar-refractivity contribution in [2.75, 3.05) is 7.11 Å². The van der Waals surface area contributed by atoms with Crippen molar-refractivity contribution in [3.05, 3.63) is 35.4 Å². The van der Waals surface area contributed by atoms with Crippen LogP contribution >= 0.6 is 0 Å². The maximum Gasteiger partial charge on any atom is 0.416 e. The van der Waals surface area contributed by atoms with Crippen LogP contribution in [0.4, 0.5) is 13.2 Å². The number of amides is 1. The van der Waals surface area contributed by atoms with E-state index in [1.54, 1.807) is 0 Å². The molecule has 0 fully saturated rings. The number of alkyl halides is 3. The van der Waals surface area contributed by atoms with Gasteiger partial charge in [-0.05, 0) is 30.0 Å². The summed E-state index contributed by atoms with van der Waals surface area (Å²) < 4.78 is 42.3. The minimum atomic E-state index is -4.45. The van der Waals surface area contributed by atoms with E-state index in [2.05, 4.69) is 10.1 Å². The number of benzene rings is 1. The standard InChI is InChI=1S/C17H22F3NO4/c1-10(2)8-14(22)15(23)21-13(16(24)25-3)9-11-4-6-12(7-5-11)17(18,19)20/h4-7,10,13-14,22H,8-9H2,1-3H3,(H,21,23)/t13-,14-/m1/s1. The molecule has 140 valence electrons. The van der Waals surface area contributed by atoms with Gasteiger partial charge in [-0.1, -0.05) is 26.0 Å². The highest BCUT2D eigenvalue weighted by molar-refractivity contribution is 5.87. The summed E-state index contributed by atoms with van der Waals surface area (Å²) in [6.07, 6.45) is -5.56. The predicted octanol–water partition coefficient (Wildman–Crippen LogP) is 2.31. The Morgan fingerprint density at radius 2 is 1.76 bits per heavy atom. The second kappa shape index (κ2) is 8.84. The summed E-state index contributed by atoms with van der Waals surface area (Å²) in [5, 5.41) is 12.2. The van der Waals surface area contributed by atoms with E-state index in [-0.39, 0.29) is 18.8 Å². The highest BCUT2D eigenvalue weighted by Gasteiger charge is 2.30. The van der Waals surface area contributed by atoms with Crippen LogP contribution in [0.25, 0.3) is 0 Å². The minimum absolute atomic E-state index is 0.0506. The normalized spacial score (nSPS) is 14.1. The summed E-state index contributed by atoms with van der Waals surface area (Å²) in [5.41, 5.74) is -0.385. The number of esters is 1. The van der Waals surface area contributed by atoms with Crippen LogP contribution in [0.1, 0.15) is 31.4 Å². The predicted molar refractivity (Wildman–Crippen MR) is 84.6 cm³/mol. The Morgan fingerprint density at radius 3 is 2.20 bits per heavy atom. The van der Waals surface area contributed by atoms with E-state index >= 15 is 0 Å². The molecule has 0 aromatic heterocycles. The van der Waals surface area contributed by atoms with E-state index in [9.17, 15) is 27.9 Å². The number of aliphatic hydroxyl groups excluding tert-OH is 1. The summed E-state index contributed by atoms with van der Waals surface area (Å²) in [7, 11) is 1.14. The van der Waals surface area contributed by atoms with Gasteiger partial charge >= 0.3 is 12.1 Å². The molecule has 0 radical (unpaired) electrons. The smallest absolute Gasteiger partial charge is 0.416 e. The molecule has 2 N–H and O–H groups in total. The Kier molecular flexibility index (Phi) is 7.41. The zero-order chi connectivity index (χ0) is 19.2. The first-order valence-electron chi connectivity index (χ1n) is 7.77. The molecule has 5 nitrogen and oxygen atoms in total. The fourth-order valence-electron chi connectivity index (χ4n) is 2.22. The molecule has 1 rings (SSSR count). The van der Waals surface area contributed by atoms with E-state index in [0.717, 1.165) is 19.2 Å². The summed E-state index contributed by atoms with van der Waals surface area (Å²) >= 11 is 0. The van der Waals surface area contributed by atoms with Gasteiger partial charge in [0, 0.05) is 6.42 Å². The van der Waals surface area contributed by atoms with Crippen LogP contribution in [0.3, 0.4) is 0 Å². The summed E-state index contributed by atoms with van der Waals surface area (Å²) in [4.78, 5) is 23.8. The van der Waals surface area contributed by atoms with Crippen LogP contribution in [0, 0.1) is 5.92 Å². The lowest BCUT2D eigenvalue weighted by Gasteiger charge is -2.20. The Morgan fingerprint density at radius 1 is 1.20 bits per heavy atom. The molecule has 1 aromatic rings. The summed E-state index contributed by atoms with van der Waals surface area (Å²) in [6.45, 7) is 3.66. The average Bonchev–Trinajstić information content (AvgIpc) is 2.52. The molecular weight excluding hydrogens is 339 g/mol. The highest BCUT2D eigenvalue weighted by atomic mass is 19.4. The Hall–Kier alpha value is -2.09. The molecule has 0 aliphatic heterocycles. The third kappa shape index (κ3) is 6.74. The Bertz CT molecular complexity index is 585. The molecule has 0 heterocycles. The number of halogens is 3. The number of carbonyl (C=O) groups excluding carboxylic acids is 2. The maximum atomic E-state index is 12.6. The third-order valence-electron chi connectivity index (χ3n) is 3.52. The van der Waals surface area contributed by atoms with Gasteiger partial charge < -0.3 is 15.2 Å². The highest BCUT2D eigenvalue weighted by Crippen LogP contribution is 2.29. The number of rotatable bonds is 7. The lowest BCUT2D eigenvalue weighted by atomic mass is 10.0. The molecule has 25 heavy (non-hydrogen) atoms. The first-order chi connectivity index (χ1) is 11.5. The van der Waals surface area contributed by atoms with Crippen LogP contribution in [-0.2, 0) is 26.9 Å². The zero-order valence-corrected chi connectivity index (χ0v) is 14.3. The number of ether oxygens (including phenoxy) is 1. The van der Waals surface area contributed by atoms with Crippen LogP contribution in [0.5, 0.6) is 0 Å². The van der Waals surface area contributed by atoms with Gasteiger partial charge in [-0.15, -0.1) is 0 Å². The van der Waals surface area contributed by atoms with E-state index < -0.39 is 35.8 Å². The molecule has 1 aromatic carbocycles. The van der Waals surface area contributed by atoms with Gasteiger partial charge in [0.2, 0.25) is 5.91 Å². The van der Waals surface area contributed by atoms with Gasteiger partial charge in [0.15, 0.2) is 0 Å². The Balaban J connectivity index is 2.83. The van der Waals surface area contributed by atoms with E-state index in [4.69, 9.17) is 0 Å². The van der Waals surface area contributed by atoms with Gasteiger partial charge in [0.1, 0.15) is 12.1 Å². The van der Waals surface area contributed by atoms with Crippen LogP contribution in [-0.4, -0.2) is 36.2 Å². The number of aliphatic hydroxyl groups is 1. The first kappa shape index (κ1) is 21.0. The maximum absolute atomic E-state index is 12.6. The van der Waals surface area contributed by atoms with Gasteiger partial charge in [-0.3, -0.25) is 4.79 Å². The molecule has 2 atom stereocenters. The van der Waals surface area contributed by atoms with Crippen molar-refractivity contribution < 1.29 is 32.6 Å². The number of methoxy groups -OCH3 is 1. The van der Waals surface area contributed by atoms with E-state index in [1.807, 2.05) is 13.8 Å². The van der Waals surface area contributed by atoms with E-state index in [0.29, 0.717) is 5.56 Å². The SMILES string of the molecule is COC(=O)[C@@H](Cc1ccc(C(F)(F)F)cc1)NC(=O)[C@H](O)CC(C)C. The molecule has 0 spiro atoms. The minimum Gasteiger partial charge on any atom is -0.467 e. The quantitative estimate of drug-likeness (QED) is 0.731. The lowest BCUT2D eigenvalue weighted by Crippen LogP contribution is -2.47. The monoisotopic (exact) mass is 361 g/mol. The molecule has 0 saturated heterocycles. The van der Waals surface area contributed by atoms with Crippen LogP contribution in [0.2, 0.25) is 0 Å². The molecule has 0 unspecified atom stereocenters. The zero-order valence-electron chi connectivity index (χ0n) is 14.3. The van der Waals surface area contributed by atoms with Crippen molar-refractivity contribution in [2.24, 2.45) is 5.92 Å². The van der Waals surface area contributed by atoms with Gasteiger partial charge in [-0.2, -0.15) is 13.2 Å². The van der Waals surface area contributed by atoms with Gasteiger partial charge in [0.05, 0.1) is 12.7 Å². The molecule has 0 saturated carbocycles.